The molecule has 1 aromatic heterocycles. The van der Waals surface area contributed by atoms with Crippen LogP contribution in [0.25, 0.3) is 0 Å². The van der Waals surface area contributed by atoms with Crippen LogP contribution in [0.15, 0.2) is 115 Å². The molecule has 0 aliphatic rings. The van der Waals surface area contributed by atoms with Gasteiger partial charge in [-0.3, -0.25) is 4.79 Å². The first-order valence-electron chi connectivity index (χ1n) is 19.4. The summed E-state index contributed by atoms with van der Waals surface area (Å²) in [5, 5.41) is 2.75. The number of rotatable bonds is 7. The molecule has 1 heterocycles. The summed E-state index contributed by atoms with van der Waals surface area (Å²) in [7, 11) is 0. The first-order valence-corrected chi connectivity index (χ1v) is 20.3. The Balaban J connectivity index is 0.000000542. The molecule has 0 radical (unpaired) electrons. The SMILES string of the molecule is CC(=O)c1scc[n+]1Cc1ccccc1.FC(F)(F)c1cc([B-](c2cc(C(F)(F)F)cc(C(F)(F)F)c2)(c2cc(C(F)(F)F)cc(C(F)(F)F)c2)c2cc(C(F)(F)F)cc(C(F)(F)F)c2)cc(C(F)(F)F)c1. The molecule has 0 amide bonds. The average Bonchev–Trinajstić information content (AvgIpc) is 3.70. The molecule has 2 nitrogen and oxygen atoms in total. The summed E-state index contributed by atoms with van der Waals surface area (Å²) >= 11 is 1.49. The molecule has 5 aromatic carbocycles. The summed E-state index contributed by atoms with van der Waals surface area (Å²) in [6.45, 7) is 2.37. The summed E-state index contributed by atoms with van der Waals surface area (Å²) in [5.41, 5.74) is -29.0. The zero-order chi connectivity index (χ0) is 54.6. The third-order valence-corrected chi connectivity index (χ3v) is 11.6. The van der Waals surface area contributed by atoms with Gasteiger partial charge in [0.15, 0.2) is 12.7 Å². The topological polar surface area (TPSA) is 20.9 Å². The number of benzene rings is 5. The lowest BCUT2D eigenvalue weighted by atomic mass is 9.12. The fraction of sp³-hybridized carbons (Fsp3) is 0.227. The van der Waals surface area contributed by atoms with Crippen LogP contribution in [0.3, 0.4) is 0 Å². The van der Waals surface area contributed by atoms with Crippen molar-refractivity contribution in [2.45, 2.75) is 62.9 Å². The zero-order valence-corrected chi connectivity index (χ0v) is 35.9. The molecular weight excluding hydrogens is 1060 g/mol. The molecule has 0 spiro atoms. The van der Waals surface area contributed by atoms with E-state index in [0.29, 0.717) is 0 Å². The highest BCUT2D eigenvalue weighted by atomic mass is 32.1. The highest BCUT2D eigenvalue weighted by molar-refractivity contribution is 7.20. The van der Waals surface area contributed by atoms with E-state index in [0.717, 1.165) is 11.6 Å². The lowest BCUT2D eigenvalue weighted by Gasteiger charge is -2.46. The van der Waals surface area contributed by atoms with Crippen LogP contribution < -0.4 is 26.4 Å². The molecule has 0 aliphatic carbocycles. The van der Waals surface area contributed by atoms with E-state index in [1.54, 1.807) is 6.92 Å². The number of halogens is 24. The van der Waals surface area contributed by atoms with Crippen LogP contribution in [0.2, 0.25) is 0 Å². The molecule has 6 rings (SSSR count). The highest BCUT2D eigenvalue weighted by Gasteiger charge is 2.47. The highest BCUT2D eigenvalue weighted by Crippen LogP contribution is 2.41. The van der Waals surface area contributed by atoms with E-state index < -0.39 is 195 Å². The third-order valence-electron chi connectivity index (χ3n) is 10.6. The van der Waals surface area contributed by atoms with Crippen LogP contribution in [0.5, 0.6) is 0 Å². The molecule has 0 atom stereocenters. The van der Waals surface area contributed by atoms with E-state index in [4.69, 9.17) is 0 Å². The van der Waals surface area contributed by atoms with Crippen molar-refractivity contribution >= 4 is 45.1 Å². The number of ketones is 1. The molecule has 0 saturated carbocycles. The molecule has 0 bridgehead atoms. The summed E-state index contributed by atoms with van der Waals surface area (Å²) in [6.07, 6.45) is -52.9. The van der Waals surface area contributed by atoms with Crippen LogP contribution in [-0.2, 0) is 56.0 Å². The van der Waals surface area contributed by atoms with Gasteiger partial charge in [-0.2, -0.15) is 132 Å². The largest absolute Gasteiger partial charge is 0.416 e. The van der Waals surface area contributed by atoms with Gasteiger partial charge in [0.05, 0.1) is 49.9 Å². The van der Waals surface area contributed by atoms with Crippen LogP contribution in [0.4, 0.5) is 105 Å². The Hall–Kier alpha value is -6.22. The van der Waals surface area contributed by atoms with Crippen molar-refractivity contribution in [3.05, 3.63) is 170 Å². The zero-order valence-electron chi connectivity index (χ0n) is 35.1. The van der Waals surface area contributed by atoms with Gasteiger partial charge in [0, 0.05) is 12.5 Å². The summed E-state index contributed by atoms with van der Waals surface area (Å²) in [6, 6.07) is 1.33. The second-order valence-corrected chi connectivity index (χ2v) is 16.5. The maximum atomic E-state index is 14.2. The van der Waals surface area contributed by atoms with Gasteiger partial charge in [0.1, 0.15) is 6.15 Å². The Bertz CT molecular complexity index is 2480. The van der Waals surface area contributed by atoms with E-state index in [9.17, 15) is 110 Å². The molecule has 0 N–H and O–H groups in total. The van der Waals surface area contributed by atoms with Crippen molar-refractivity contribution < 1.29 is 115 Å². The maximum Gasteiger partial charge on any atom is 0.416 e. The summed E-state index contributed by atoms with van der Waals surface area (Å²) in [4.78, 5) is 11.3. The Kier molecular flexibility index (Phi) is 15.2. The predicted molar refractivity (Wildman–Crippen MR) is 210 cm³/mol. The van der Waals surface area contributed by atoms with Gasteiger partial charge in [0.2, 0.25) is 5.78 Å². The number of alkyl halides is 24. The Morgan fingerprint density at radius 2 is 0.639 bits per heavy atom. The van der Waals surface area contributed by atoms with Crippen LogP contribution in [0, 0.1) is 0 Å². The minimum atomic E-state index is -6.13. The number of hydrogen-bond donors (Lipinski definition) is 0. The van der Waals surface area contributed by atoms with E-state index in [-0.39, 0.29) is 5.78 Å². The average molecular weight is 1080 g/mol. The molecule has 0 aliphatic heterocycles. The normalized spacial score (nSPS) is 13.5. The van der Waals surface area contributed by atoms with Gasteiger partial charge in [-0.1, -0.05) is 90.2 Å². The second-order valence-electron chi connectivity index (χ2n) is 15.6. The molecule has 0 fully saturated rings. The smallest absolute Gasteiger partial charge is 0.287 e. The standard InChI is InChI=1S/C32H12BF24.C12H12NOS/c34-25(35,36)13-1-14(26(37,38)39)6-21(5-13)33(22-7-15(27(40,41)42)2-16(8-22)28(43,44)45,23-9-17(29(46,47)48)3-18(10-23)30(49,50)51)24-11-19(31(52,53)54)4-20(12-24)32(55,56)57;1-10(14)12-13(7-8-15-12)9-11-5-3-2-4-6-11/h1-12H;2-8H,9H2,1H3/q-1;+1. The van der Waals surface area contributed by atoms with Gasteiger partial charge in [-0.05, 0) is 24.3 Å². The van der Waals surface area contributed by atoms with Crippen LogP contribution in [0.1, 0.15) is 66.8 Å². The number of thiazole rings is 1. The van der Waals surface area contributed by atoms with E-state index in [1.165, 1.54) is 16.9 Å². The minimum absolute atomic E-state index is 0.126. The summed E-state index contributed by atoms with van der Waals surface area (Å²) in [5.74, 6) is 0.126. The van der Waals surface area contributed by atoms with Crippen molar-refractivity contribution in [1.82, 2.24) is 0 Å². The Morgan fingerprint density at radius 1 is 0.403 bits per heavy atom. The summed E-state index contributed by atoms with van der Waals surface area (Å²) < 4.78 is 343. The van der Waals surface area contributed by atoms with E-state index in [2.05, 4.69) is 12.1 Å². The van der Waals surface area contributed by atoms with Gasteiger partial charge in [-0.15, -0.1) is 0 Å². The minimum Gasteiger partial charge on any atom is -0.287 e. The van der Waals surface area contributed by atoms with Crippen molar-refractivity contribution in [3.63, 3.8) is 0 Å². The van der Waals surface area contributed by atoms with Gasteiger partial charge < -0.3 is 0 Å². The molecule has 0 unspecified atom stereocenters. The fourth-order valence-electron chi connectivity index (χ4n) is 7.56. The van der Waals surface area contributed by atoms with Crippen LogP contribution in [-0.4, -0.2) is 11.9 Å². The number of Topliss-reactive ketones (excluding diaryl/α,β-unsaturated/α-hetero) is 1. The van der Waals surface area contributed by atoms with Crippen molar-refractivity contribution in [1.29, 1.82) is 0 Å². The molecule has 28 heteroatoms. The van der Waals surface area contributed by atoms with E-state index in [1.807, 2.05) is 34.3 Å². The number of nitrogens with zero attached hydrogens (tertiary/aromatic N) is 1. The molecule has 388 valence electrons. The second kappa shape index (κ2) is 19.3. The number of carbonyl (C=O) groups is 1. The van der Waals surface area contributed by atoms with Gasteiger partial charge >= 0.3 is 54.4 Å². The monoisotopic (exact) mass is 1080 g/mol. The third kappa shape index (κ3) is 12.9. The van der Waals surface area contributed by atoms with Crippen molar-refractivity contribution in [2.75, 3.05) is 0 Å². The predicted octanol–water partition coefficient (Wildman–Crippen LogP) is 13.5. The Labute approximate surface area is 392 Å². The fourth-order valence-corrected chi connectivity index (χ4v) is 8.33. The van der Waals surface area contributed by atoms with Gasteiger partial charge in [-0.25, -0.2) is 0 Å². The maximum absolute atomic E-state index is 14.2. The lowest BCUT2D eigenvalue weighted by molar-refractivity contribution is -0.685. The lowest BCUT2D eigenvalue weighted by Crippen LogP contribution is -2.75. The number of carbonyl (C=O) groups excluding carboxylic acids is 1. The molecular formula is C44H24BF24NOS. The van der Waals surface area contributed by atoms with Crippen molar-refractivity contribution in [2.24, 2.45) is 0 Å². The van der Waals surface area contributed by atoms with Crippen LogP contribution >= 0.6 is 11.3 Å². The number of hydrogen-bond acceptors (Lipinski definition) is 2. The first kappa shape index (κ1) is 56.7. The van der Waals surface area contributed by atoms with E-state index >= 15 is 0 Å². The molecule has 6 aromatic rings. The quantitative estimate of drug-likeness (QED) is 0.0675. The first-order chi connectivity index (χ1) is 32.5. The molecule has 0 saturated heterocycles. The Morgan fingerprint density at radius 3 is 0.847 bits per heavy atom. The van der Waals surface area contributed by atoms with Gasteiger partial charge in [0.25, 0.3) is 0 Å². The number of aromatic nitrogens is 1. The molecule has 72 heavy (non-hydrogen) atoms. The van der Waals surface area contributed by atoms with Crippen molar-refractivity contribution in [3.8, 4) is 0 Å².